The van der Waals surface area contributed by atoms with Crippen molar-refractivity contribution in [3.63, 3.8) is 0 Å². The van der Waals surface area contributed by atoms with Crippen LogP contribution >= 0.6 is 0 Å². The summed E-state index contributed by atoms with van der Waals surface area (Å²) in [4.78, 5) is 25.6. The van der Waals surface area contributed by atoms with Crippen LogP contribution in [0.15, 0.2) is 6.08 Å². The number of ether oxygens (including phenoxy) is 1. The average molecular weight is 250 g/mol. The van der Waals surface area contributed by atoms with Crippen LogP contribution in [-0.2, 0) is 16.1 Å². The van der Waals surface area contributed by atoms with Crippen molar-refractivity contribution < 1.29 is 19.4 Å². The molecule has 1 fully saturated rings. The Labute approximate surface area is 104 Å². The molecule has 1 aliphatic rings. The molecule has 2 rings (SSSR count). The Morgan fingerprint density at radius 2 is 2.39 bits per heavy atom. The second-order valence-corrected chi connectivity index (χ2v) is 4.12. The molecule has 1 saturated heterocycles. The maximum absolute atomic E-state index is 11.0. The van der Waals surface area contributed by atoms with Crippen LogP contribution in [0.25, 0.3) is 6.08 Å². The monoisotopic (exact) mass is 250 g/mol. The predicted molar refractivity (Wildman–Crippen MR) is 63.4 cm³/mol. The molecule has 2 heterocycles. The molecule has 0 aromatic carbocycles. The lowest BCUT2D eigenvalue weighted by molar-refractivity contribution is -0.131. The van der Waals surface area contributed by atoms with Crippen LogP contribution in [0.1, 0.15) is 28.4 Å². The topological polar surface area (TPSA) is 81.4 Å². The van der Waals surface area contributed by atoms with Gasteiger partial charge in [-0.05, 0) is 19.4 Å². The molecule has 1 aromatic heterocycles. The molecule has 0 saturated carbocycles. The molecular formula is C12H14N2O4. The molecule has 0 radical (unpaired) electrons. The largest absolute Gasteiger partial charge is 0.478 e. The fourth-order valence-corrected chi connectivity index (χ4v) is 1.88. The minimum atomic E-state index is -1.03. The van der Waals surface area contributed by atoms with Crippen LogP contribution in [0, 0.1) is 6.92 Å². The molecule has 0 spiro atoms. The van der Waals surface area contributed by atoms with Crippen molar-refractivity contribution in [3.05, 3.63) is 23.3 Å². The fraction of sp³-hybridized carbons (Fsp3) is 0.417. The highest BCUT2D eigenvalue weighted by Crippen LogP contribution is 2.18. The summed E-state index contributed by atoms with van der Waals surface area (Å²) < 4.78 is 7.02. The number of aldehydes is 1. The van der Waals surface area contributed by atoms with Gasteiger partial charge in [0.2, 0.25) is 0 Å². The second-order valence-electron chi connectivity index (χ2n) is 4.12. The number of aliphatic carboxylic acids is 1. The maximum Gasteiger partial charge on any atom is 0.328 e. The summed E-state index contributed by atoms with van der Waals surface area (Å²) in [6.45, 7) is 3.00. The summed E-state index contributed by atoms with van der Waals surface area (Å²) in [5.74, 6) is -0.734. The van der Waals surface area contributed by atoms with Gasteiger partial charge >= 0.3 is 5.97 Å². The molecule has 1 N–H and O–H groups in total. The molecule has 0 bridgehead atoms. The Bertz CT molecular complexity index is 500. The van der Waals surface area contributed by atoms with Gasteiger partial charge in [-0.3, -0.25) is 4.79 Å². The maximum atomic E-state index is 11.0. The Hall–Kier alpha value is -1.95. The zero-order valence-electron chi connectivity index (χ0n) is 10.00. The van der Waals surface area contributed by atoms with Crippen LogP contribution in [-0.4, -0.2) is 39.6 Å². The van der Waals surface area contributed by atoms with Gasteiger partial charge in [-0.2, -0.15) is 0 Å². The highest BCUT2D eigenvalue weighted by molar-refractivity contribution is 5.85. The number of hydrogen-bond acceptors (Lipinski definition) is 4. The quantitative estimate of drug-likeness (QED) is 0.620. The van der Waals surface area contributed by atoms with Crippen LogP contribution in [0.2, 0.25) is 0 Å². The van der Waals surface area contributed by atoms with E-state index in [-0.39, 0.29) is 6.10 Å². The van der Waals surface area contributed by atoms with Crippen molar-refractivity contribution in [2.45, 2.75) is 26.0 Å². The minimum Gasteiger partial charge on any atom is -0.478 e. The van der Waals surface area contributed by atoms with Gasteiger partial charge in [0, 0.05) is 12.7 Å². The number of rotatable bonds is 5. The van der Waals surface area contributed by atoms with Crippen molar-refractivity contribution >= 4 is 18.3 Å². The normalized spacial score (nSPS) is 18.8. The predicted octanol–water partition coefficient (Wildman–Crippen LogP) is 0.891. The third-order valence-corrected chi connectivity index (χ3v) is 2.89. The van der Waals surface area contributed by atoms with E-state index in [9.17, 15) is 9.59 Å². The third-order valence-electron chi connectivity index (χ3n) is 2.89. The number of nitrogens with zero attached hydrogens (tertiary/aromatic N) is 2. The van der Waals surface area contributed by atoms with Gasteiger partial charge in [0.1, 0.15) is 0 Å². The van der Waals surface area contributed by atoms with Crippen LogP contribution in [0.5, 0.6) is 0 Å². The van der Waals surface area contributed by atoms with Crippen LogP contribution in [0.3, 0.4) is 0 Å². The average Bonchev–Trinajstić information content (AvgIpc) is 2.57. The third kappa shape index (κ3) is 2.48. The Morgan fingerprint density at radius 3 is 2.89 bits per heavy atom. The Morgan fingerprint density at radius 1 is 1.67 bits per heavy atom. The summed E-state index contributed by atoms with van der Waals surface area (Å²) in [7, 11) is 0. The first-order chi connectivity index (χ1) is 8.61. The van der Waals surface area contributed by atoms with E-state index in [0.717, 1.165) is 19.1 Å². The number of carboxylic acid groups (broad SMARTS) is 1. The van der Waals surface area contributed by atoms with E-state index >= 15 is 0 Å². The zero-order chi connectivity index (χ0) is 13.1. The fourth-order valence-electron chi connectivity index (χ4n) is 1.88. The van der Waals surface area contributed by atoms with Gasteiger partial charge < -0.3 is 14.4 Å². The number of aromatic nitrogens is 2. The van der Waals surface area contributed by atoms with E-state index < -0.39 is 5.97 Å². The molecule has 1 atom stereocenters. The van der Waals surface area contributed by atoms with Gasteiger partial charge in [-0.15, -0.1) is 0 Å². The molecule has 6 heteroatoms. The summed E-state index contributed by atoms with van der Waals surface area (Å²) >= 11 is 0. The number of carbonyl (C=O) groups excluding carboxylic acids is 1. The standard InChI is InChI=1S/C12H14N2O4/c1-8-10(2-3-12(16)17)14(11(7-15)13-8)6-9-4-5-18-9/h2-3,7,9H,4-6H2,1H3,(H,16,17)/b3-2+/t9-/m0/s1. The highest BCUT2D eigenvalue weighted by Gasteiger charge is 2.22. The first-order valence-electron chi connectivity index (χ1n) is 5.66. The zero-order valence-corrected chi connectivity index (χ0v) is 10.00. The van der Waals surface area contributed by atoms with Crippen molar-refractivity contribution in [1.82, 2.24) is 9.55 Å². The second kappa shape index (κ2) is 5.14. The molecule has 96 valence electrons. The van der Waals surface area contributed by atoms with Gasteiger partial charge in [0.05, 0.1) is 24.0 Å². The lowest BCUT2D eigenvalue weighted by Crippen LogP contribution is -2.32. The summed E-state index contributed by atoms with van der Waals surface area (Å²) in [5.41, 5.74) is 1.27. The molecule has 0 aliphatic carbocycles. The van der Waals surface area contributed by atoms with Crippen molar-refractivity contribution in [2.24, 2.45) is 0 Å². The molecule has 18 heavy (non-hydrogen) atoms. The lowest BCUT2D eigenvalue weighted by atomic mass is 10.2. The number of hydrogen-bond donors (Lipinski definition) is 1. The Balaban J connectivity index is 2.32. The van der Waals surface area contributed by atoms with E-state index in [1.807, 2.05) is 0 Å². The van der Waals surface area contributed by atoms with Crippen LogP contribution in [0.4, 0.5) is 0 Å². The Kier molecular flexibility index (Phi) is 3.57. The van der Waals surface area contributed by atoms with Gasteiger partial charge in [0.25, 0.3) is 0 Å². The minimum absolute atomic E-state index is 0.0780. The molecule has 0 amide bonds. The smallest absolute Gasteiger partial charge is 0.328 e. The van der Waals surface area contributed by atoms with E-state index in [2.05, 4.69) is 4.98 Å². The molecular weight excluding hydrogens is 236 g/mol. The number of carbonyl (C=O) groups is 2. The first kappa shape index (κ1) is 12.5. The molecule has 0 unspecified atom stereocenters. The van der Waals surface area contributed by atoms with Crippen molar-refractivity contribution in [1.29, 1.82) is 0 Å². The molecule has 1 aromatic rings. The van der Waals surface area contributed by atoms with E-state index in [1.54, 1.807) is 11.5 Å². The number of aryl methyl sites for hydroxylation is 1. The van der Waals surface area contributed by atoms with E-state index in [4.69, 9.17) is 9.84 Å². The SMILES string of the molecule is Cc1nc(C=O)n(C[C@@H]2CCO2)c1/C=C/C(=O)O. The van der Waals surface area contributed by atoms with Gasteiger partial charge in [0.15, 0.2) is 12.1 Å². The van der Waals surface area contributed by atoms with E-state index in [1.165, 1.54) is 6.08 Å². The van der Waals surface area contributed by atoms with Gasteiger partial charge in [-0.25, -0.2) is 9.78 Å². The number of carboxylic acids is 1. The number of imidazole rings is 1. The highest BCUT2D eigenvalue weighted by atomic mass is 16.5. The first-order valence-corrected chi connectivity index (χ1v) is 5.66. The summed E-state index contributed by atoms with van der Waals surface area (Å²) in [6, 6.07) is 0. The van der Waals surface area contributed by atoms with Crippen molar-refractivity contribution in [3.8, 4) is 0 Å². The van der Waals surface area contributed by atoms with E-state index in [0.29, 0.717) is 30.0 Å². The van der Waals surface area contributed by atoms with Crippen molar-refractivity contribution in [2.75, 3.05) is 6.61 Å². The summed E-state index contributed by atoms with van der Waals surface area (Å²) in [5, 5.41) is 8.65. The summed E-state index contributed by atoms with van der Waals surface area (Å²) in [6.07, 6.45) is 4.18. The van der Waals surface area contributed by atoms with Gasteiger partial charge in [-0.1, -0.05) is 0 Å². The van der Waals surface area contributed by atoms with Crippen LogP contribution < -0.4 is 0 Å². The molecule has 6 nitrogen and oxygen atoms in total. The lowest BCUT2D eigenvalue weighted by Gasteiger charge is -2.27. The molecule has 1 aliphatic heterocycles.